The summed E-state index contributed by atoms with van der Waals surface area (Å²) in [4.78, 5) is 10.4. The molecule has 1 N–H and O–H groups in total. The molecule has 4 heteroatoms. The zero-order valence-corrected chi connectivity index (χ0v) is 23.1. The molecule has 0 aliphatic carbocycles. The van der Waals surface area contributed by atoms with Crippen molar-refractivity contribution >= 4 is 21.9 Å². The first-order valence-corrected chi connectivity index (χ1v) is 13.4. The number of rotatable bonds is 4. The van der Waals surface area contributed by atoms with Gasteiger partial charge in [-0.2, -0.15) is 0 Å². The number of benzene rings is 3. The molecular weight excluding hydrogens is 478 g/mol. The Balaban J connectivity index is 1.61. The molecule has 0 saturated carbocycles. The molecule has 6 aromatic rings. The average molecular weight is 512 g/mol. The Bertz CT molecular complexity index is 1820. The van der Waals surface area contributed by atoms with Gasteiger partial charge >= 0.3 is 0 Å². The van der Waals surface area contributed by atoms with E-state index in [4.69, 9.17) is 9.97 Å². The van der Waals surface area contributed by atoms with Crippen LogP contribution in [0.5, 0.6) is 5.75 Å². The Kier molecular flexibility index (Phi) is 5.80. The zero-order valence-electron chi connectivity index (χ0n) is 23.1. The molecule has 3 aromatic carbocycles. The van der Waals surface area contributed by atoms with E-state index in [1.807, 2.05) is 41.0 Å². The lowest BCUT2D eigenvalue weighted by Gasteiger charge is -2.28. The normalized spacial score (nSPS) is 12.3. The number of nitrogens with zero attached hydrogens (tertiary/aromatic N) is 3. The Hall–Kier alpha value is -4.44. The van der Waals surface area contributed by atoms with Crippen LogP contribution in [0.1, 0.15) is 51.4 Å². The fourth-order valence-electron chi connectivity index (χ4n) is 5.30. The topological polar surface area (TPSA) is 50.9 Å². The highest BCUT2D eigenvalue weighted by Crippen LogP contribution is 2.38. The van der Waals surface area contributed by atoms with Crippen LogP contribution in [0.15, 0.2) is 103 Å². The quantitative estimate of drug-likeness (QED) is 0.258. The molecule has 0 spiro atoms. The van der Waals surface area contributed by atoms with Crippen molar-refractivity contribution in [1.82, 2.24) is 14.5 Å². The summed E-state index contributed by atoms with van der Waals surface area (Å²) in [6, 6.07) is 34.8. The Morgan fingerprint density at radius 1 is 0.615 bits per heavy atom. The van der Waals surface area contributed by atoms with Crippen molar-refractivity contribution in [3.05, 3.63) is 120 Å². The van der Waals surface area contributed by atoms with Gasteiger partial charge in [-0.05, 0) is 59.0 Å². The first-order valence-electron chi connectivity index (χ1n) is 13.4. The van der Waals surface area contributed by atoms with Crippen LogP contribution < -0.4 is 0 Å². The number of aromatic hydroxyl groups is 1. The molecule has 0 aliphatic heterocycles. The number of pyridine rings is 2. The van der Waals surface area contributed by atoms with Crippen LogP contribution in [0.2, 0.25) is 0 Å². The largest absolute Gasteiger partial charge is 0.506 e. The van der Waals surface area contributed by atoms with Gasteiger partial charge in [0.05, 0.1) is 28.3 Å². The number of hydrogen-bond donors (Lipinski definition) is 1. The summed E-state index contributed by atoms with van der Waals surface area (Å²) in [5, 5.41) is 12.9. The molecule has 0 bridgehead atoms. The van der Waals surface area contributed by atoms with Gasteiger partial charge in [-0.25, -0.2) is 4.98 Å². The smallest absolute Gasteiger partial charge is 0.146 e. The van der Waals surface area contributed by atoms with Gasteiger partial charge in [0.25, 0.3) is 0 Å². The summed E-state index contributed by atoms with van der Waals surface area (Å²) in [6.45, 7) is 11.2. The van der Waals surface area contributed by atoms with Crippen LogP contribution in [0, 0.1) is 0 Å². The van der Waals surface area contributed by atoms with Gasteiger partial charge in [0.1, 0.15) is 11.4 Å². The van der Waals surface area contributed by atoms with Gasteiger partial charge in [0.15, 0.2) is 0 Å². The van der Waals surface area contributed by atoms with Crippen LogP contribution in [0.4, 0.5) is 0 Å². The minimum absolute atomic E-state index is 0.0615. The number of hydrogen-bond acceptors (Lipinski definition) is 3. The van der Waals surface area contributed by atoms with Crippen molar-refractivity contribution < 1.29 is 5.11 Å². The number of fused-ring (bicyclic) bond motifs is 3. The molecule has 194 valence electrons. The maximum atomic E-state index is 10.8. The highest BCUT2D eigenvalue weighted by Gasteiger charge is 2.28. The number of aromatic nitrogens is 3. The van der Waals surface area contributed by atoms with Crippen LogP contribution in [0.3, 0.4) is 0 Å². The van der Waals surface area contributed by atoms with Crippen LogP contribution in [-0.4, -0.2) is 19.6 Å². The fourth-order valence-corrected chi connectivity index (χ4v) is 5.30. The molecule has 6 rings (SSSR count). The van der Waals surface area contributed by atoms with Gasteiger partial charge < -0.3 is 5.11 Å². The van der Waals surface area contributed by atoms with E-state index in [9.17, 15) is 5.11 Å². The second-order valence-electron chi connectivity index (χ2n) is 11.8. The lowest BCUT2D eigenvalue weighted by Crippen LogP contribution is -2.23. The van der Waals surface area contributed by atoms with Gasteiger partial charge in [0.2, 0.25) is 0 Å². The lowest BCUT2D eigenvalue weighted by molar-refractivity contribution is 0.473. The van der Waals surface area contributed by atoms with Gasteiger partial charge in [-0.15, -0.1) is 0 Å². The third-order valence-electron chi connectivity index (χ3n) is 7.73. The van der Waals surface area contributed by atoms with Crippen molar-refractivity contribution in [3.63, 3.8) is 0 Å². The molecule has 39 heavy (non-hydrogen) atoms. The number of phenolic OH excluding ortho intramolecular Hbond substituents is 1. The van der Waals surface area contributed by atoms with Crippen molar-refractivity contribution in [2.75, 3.05) is 0 Å². The van der Waals surface area contributed by atoms with Gasteiger partial charge in [-0.1, -0.05) is 95.3 Å². The van der Waals surface area contributed by atoms with E-state index in [2.05, 4.69) is 95.3 Å². The Morgan fingerprint density at radius 2 is 1.31 bits per heavy atom. The van der Waals surface area contributed by atoms with Crippen molar-refractivity contribution in [2.45, 2.75) is 45.4 Å². The van der Waals surface area contributed by atoms with E-state index in [1.54, 1.807) is 6.07 Å². The van der Waals surface area contributed by atoms with E-state index in [1.165, 1.54) is 11.1 Å². The monoisotopic (exact) mass is 511 g/mol. The highest BCUT2D eigenvalue weighted by atomic mass is 16.3. The summed E-state index contributed by atoms with van der Waals surface area (Å²) in [5.41, 5.74) is 7.25. The first-order chi connectivity index (χ1) is 18.6. The predicted octanol–water partition coefficient (Wildman–Crippen LogP) is 8.57. The van der Waals surface area contributed by atoms with Crippen LogP contribution >= 0.6 is 0 Å². The molecule has 0 atom stereocenters. The van der Waals surface area contributed by atoms with Crippen LogP contribution in [-0.2, 0) is 10.8 Å². The summed E-state index contributed by atoms with van der Waals surface area (Å²) >= 11 is 0. The van der Waals surface area contributed by atoms with Gasteiger partial charge in [0, 0.05) is 16.2 Å². The predicted molar refractivity (Wildman–Crippen MR) is 161 cm³/mol. The second-order valence-corrected chi connectivity index (χ2v) is 11.8. The number of para-hydroxylation sites is 3. The summed E-state index contributed by atoms with van der Waals surface area (Å²) in [5.74, 6) is 0.215. The fraction of sp³-hybridized carbons (Fsp3) is 0.200. The maximum absolute atomic E-state index is 10.8. The third kappa shape index (κ3) is 4.26. The molecule has 3 heterocycles. The van der Waals surface area contributed by atoms with Crippen molar-refractivity contribution in [3.8, 4) is 22.8 Å². The summed E-state index contributed by atoms with van der Waals surface area (Å²) in [6.07, 6.45) is 0. The van der Waals surface area contributed by atoms with Gasteiger partial charge in [-0.3, -0.25) is 9.55 Å². The molecule has 0 radical (unpaired) electrons. The molecule has 3 aromatic heterocycles. The minimum atomic E-state index is -0.286. The Morgan fingerprint density at radius 3 is 2.05 bits per heavy atom. The van der Waals surface area contributed by atoms with E-state index >= 15 is 0 Å². The second kappa shape index (κ2) is 9.09. The molecule has 0 saturated heterocycles. The van der Waals surface area contributed by atoms with E-state index in [0.29, 0.717) is 5.69 Å². The van der Waals surface area contributed by atoms with E-state index < -0.39 is 0 Å². The molecule has 4 nitrogen and oxygen atoms in total. The zero-order chi connectivity index (χ0) is 27.4. The SMILES string of the molecule is CC(C)(C)c1cc(-c2ccc3c4ccccc4n(-c4ccccc4O)c3n2)nc(C(C)(C)c2ccccc2)c1. The maximum Gasteiger partial charge on any atom is 0.146 e. The van der Waals surface area contributed by atoms with Crippen molar-refractivity contribution in [2.24, 2.45) is 0 Å². The first kappa shape index (κ1) is 24.9. The molecule has 0 unspecified atom stereocenters. The van der Waals surface area contributed by atoms with Crippen LogP contribution in [0.25, 0.3) is 39.0 Å². The summed E-state index contributed by atoms with van der Waals surface area (Å²) < 4.78 is 2.05. The molecule has 0 aliphatic rings. The standard InChI is InChI=1S/C35H33N3O/c1-34(2,3)24-21-28(36-32(22-24)35(4,5)23-13-7-6-8-14-23)27-20-19-26-25-15-9-10-16-29(25)38(33(26)37-27)30-17-11-12-18-31(30)39/h6-22,39H,1-5H3. The molecule has 0 fully saturated rings. The van der Waals surface area contributed by atoms with E-state index in [0.717, 1.165) is 39.0 Å². The van der Waals surface area contributed by atoms with Crippen molar-refractivity contribution in [1.29, 1.82) is 0 Å². The highest BCUT2D eigenvalue weighted by molar-refractivity contribution is 6.08. The average Bonchev–Trinajstić information content (AvgIpc) is 3.26. The number of phenols is 1. The summed E-state index contributed by atoms with van der Waals surface area (Å²) in [7, 11) is 0. The minimum Gasteiger partial charge on any atom is -0.506 e. The van der Waals surface area contributed by atoms with E-state index in [-0.39, 0.29) is 16.6 Å². The lowest BCUT2D eigenvalue weighted by atomic mass is 9.78. The Labute approximate surface area is 229 Å². The third-order valence-corrected chi connectivity index (χ3v) is 7.73. The molecule has 0 amide bonds. The molecular formula is C35H33N3O.